The predicted octanol–water partition coefficient (Wildman–Crippen LogP) is 4.93. The highest BCUT2D eigenvalue weighted by atomic mass is 32.1. The predicted molar refractivity (Wildman–Crippen MR) is 122 cm³/mol. The number of ether oxygens (including phenoxy) is 1. The minimum atomic E-state index is -0.618. The Morgan fingerprint density at radius 3 is 2.48 bits per heavy atom. The zero-order valence-electron chi connectivity index (χ0n) is 19.1. The first kappa shape index (κ1) is 23.3. The van der Waals surface area contributed by atoms with E-state index < -0.39 is 12.0 Å². The fourth-order valence-electron chi connectivity index (χ4n) is 4.71. The summed E-state index contributed by atoms with van der Waals surface area (Å²) < 4.78 is 6.92. The highest BCUT2D eigenvalue weighted by Gasteiger charge is 2.37. The second-order valence-corrected chi connectivity index (χ2v) is 9.18. The number of nitrogens with zero attached hydrogens (tertiary/aromatic N) is 2. The molecule has 0 bridgehead atoms. The molecule has 1 aliphatic carbocycles. The average molecular weight is 445 g/mol. The molecule has 0 saturated heterocycles. The smallest absolute Gasteiger partial charge is 0.355 e. The molecule has 1 unspecified atom stereocenters. The molecule has 0 radical (unpaired) electrons. The number of hydrogen-bond acceptors (Lipinski definition) is 5. The number of thiophene rings is 1. The van der Waals surface area contributed by atoms with Crippen molar-refractivity contribution in [2.45, 2.75) is 71.9 Å². The Morgan fingerprint density at radius 2 is 1.90 bits per heavy atom. The van der Waals surface area contributed by atoms with Crippen LogP contribution < -0.4 is 0 Å². The Balaban J connectivity index is 1.99. The second kappa shape index (κ2) is 9.81. The van der Waals surface area contributed by atoms with Gasteiger partial charge in [-0.05, 0) is 57.5 Å². The van der Waals surface area contributed by atoms with Gasteiger partial charge in [0.15, 0.2) is 5.78 Å². The minimum absolute atomic E-state index is 0.0520. The molecule has 1 amide bonds. The van der Waals surface area contributed by atoms with Crippen LogP contribution in [-0.4, -0.2) is 45.8 Å². The van der Waals surface area contributed by atoms with Gasteiger partial charge in [0.2, 0.25) is 0 Å². The Morgan fingerprint density at radius 1 is 1.23 bits per heavy atom. The molecule has 7 heteroatoms. The van der Waals surface area contributed by atoms with E-state index in [9.17, 15) is 14.4 Å². The van der Waals surface area contributed by atoms with Crippen molar-refractivity contribution in [1.82, 2.24) is 9.47 Å². The molecule has 0 aliphatic heterocycles. The molecule has 1 saturated carbocycles. The molecular formula is C24H32N2O4S. The zero-order chi connectivity index (χ0) is 22.7. The summed E-state index contributed by atoms with van der Waals surface area (Å²) in [5.74, 6) is -0.646. The van der Waals surface area contributed by atoms with Gasteiger partial charge in [0.1, 0.15) is 5.69 Å². The van der Waals surface area contributed by atoms with Crippen LogP contribution in [0.1, 0.15) is 87.7 Å². The van der Waals surface area contributed by atoms with E-state index in [1.807, 2.05) is 31.4 Å². The van der Waals surface area contributed by atoms with E-state index in [2.05, 4.69) is 0 Å². The Labute approximate surface area is 188 Å². The van der Waals surface area contributed by atoms with Crippen molar-refractivity contribution < 1.29 is 19.1 Å². The highest BCUT2D eigenvalue weighted by Crippen LogP contribution is 2.30. The van der Waals surface area contributed by atoms with E-state index in [1.54, 1.807) is 30.4 Å². The monoisotopic (exact) mass is 444 g/mol. The first-order valence-corrected chi connectivity index (χ1v) is 11.9. The topological polar surface area (TPSA) is 68.6 Å². The third kappa shape index (κ3) is 4.47. The van der Waals surface area contributed by atoms with E-state index in [1.165, 1.54) is 17.8 Å². The maximum absolute atomic E-state index is 13.7. The van der Waals surface area contributed by atoms with Crippen LogP contribution in [0.25, 0.3) is 0 Å². The Hall–Kier alpha value is -2.41. The van der Waals surface area contributed by atoms with Crippen LogP contribution in [0.3, 0.4) is 0 Å². The van der Waals surface area contributed by atoms with Crippen molar-refractivity contribution >= 4 is 29.0 Å². The molecule has 3 rings (SSSR count). The number of rotatable bonds is 7. The van der Waals surface area contributed by atoms with Crippen molar-refractivity contribution in [1.29, 1.82) is 0 Å². The molecule has 0 spiro atoms. The van der Waals surface area contributed by atoms with Gasteiger partial charge >= 0.3 is 5.97 Å². The zero-order valence-corrected chi connectivity index (χ0v) is 19.9. The van der Waals surface area contributed by atoms with E-state index >= 15 is 0 Å². The van der Waals surface area contributed by atoms with Crippen LogP contribution in [0.15, 0.2) is 17.5 Å². The lowest BCUT2D eigenvalue weighted by Crippen LogP contribution is -2.50. The molecule has 2 heterocycles. The Bertz CT molecular complexity index is 955. The first-order valence-electron chi connectivity index (χ1n) is 11.0. The Kier molecular flexibility index (Phi) is 7.36. The molecule has 1 aliphatic rings. The summed E-state index contributed by atoms with van der Waals surface area (Å²) in [6.07, 6.45) is 5.12. The van der Waals surface area contributed by atoms with E-state index in [-0.39, 0.29) is 24.3 Å². The van der Waals surface area contributed by atoms with Gasteiger partial charge in [-0.25, -0.2) is 4.79 Å². The second-order valence-electron chi connectivity index (χ2n) is 8.24. The summed E-state index contributed by atoms with van der Waals surface area (Å²) >= 11 is 1.40. The van der Waals surface area contributed by atoms with E-state index in [0.717, 1.165) is 25.7 Å². The van der Waals surface area contributed by atoms with Gasteiger partial charge in [0, 0.05) is 24.3 Å². The molecule has 0 N–H and O–H groups in total. The normalized spacial score (nSPS) is 15.5. The van der Waals surface area contributed by atoms with Crippen LogP contribution >= 0.6 is 11.3 Å². The number of aromatic nitrogens is 1. The first-order chi connectivity index (χ1) is 14.8. The summed E-state index contributed by atoms with van der Waals surface area (Å²) in [7, 11) is 1.77. The standard InChI is InChI=1S/C24H32N2O4S/c1-6-30-24(29)21-15(2)20(16(3)25(21)5)22(27)17(4)26(18-11-8-7-9-12-18)23(28)19-13-10-14-31-19/h10,13-14,17-18H,6-9,11-12H2,1-5H3. The molecule has 31 heavy (non-hydrogen) atoms. The average Bonchev–Trinajstić information content (AvgIpc) is 3.36. The number of hydrogen-bond donors (Lipinski definition) is 0. The van der Waals surface area contributed by atoms with Crippen LogP contribution in [0, 0.1) is 13.8 Å². The lowest BCUT2D eigenvalue weighted by molar-refractivity contribution is 0.0489. The summed E-state index contributed by atoms with van der Waals surface area (Å²) in [4.78, 5) is 42.1. The fourth-order valence-corrected chi connectivity index (χ4v) is 5.38. The van der Waals surface area contributed by atoms with E-state index in [4.69, 9.17) is 4.74 Å². The molecule has 6 nitrogen and oxygen atoms in total. The SMILES string of the molecule is CCOC(=O)c1c(C)c(C(=O)C(C)N(C(=O)c2cccs2)C2CCCCC2)c(C)n1C. The third-order valence-corrected chi connectivity index (χ3v) is 7.23. The van der Waals surface area contributed by atoms with Crippen molar-refractivity contribution in [2.75, 3.05) is 6.61 Å². The van der Waals surface area contributed by atoms with E-state index in [0.29, 0.717) is 27.4 Å². The number of amides is 1. The van der Waals surface area contributed by atoms with Crippen LogP contribution in [0.4, 0.5) is 0 Å². The van der Waals surface area contributed by atoms with Crippen LogP contribution in [0.2, 0.25) is 0 Å². The molecule has 2 aromatic heterocycles. The molecular weight excluding hydrogens is 412 g/mol. The van der Waals surface area contributed by atoms with Gasteiger partial charge in [-0.15, -0.1) is 11.3 Å². The molecule has 2 aromatic rings. The lowest BCUT2D eigenvalue weighted by Gasteiger charge is -2.38. The summed E-state index contributed by atoms with van der Waals surface area (Å²) in [6.45, 7) is 7.47. The number of esters is 1. The van der Waals surface area contributed by atoms with Crippen LogP contribution in [0.5, 0.6) is 0 Å². The van der Waals surface area contributed by atoms with Crippen molar-refractivity contribution in [2.24, 2.45) is 7.05 Å². The van der Waals surface area contributed by atoms with Crippen LogP contribution in [-0.2, 0) is 11.8 Å². The summed E-state index contributed by atoms with van der Waals surface area (Å²) in [6, 6.07) is 3.11. The number of carbonyl (C=O) groups is 3. The van der Waals surface area contributed by atoms with Gasteiger partial charge in [0.05, 0.1) is 17.5 Å². The third-order valence-electron chi connectivity index (χ3n) is 6.38. The van der Waals surface area contributed by atoms with Gasteiger partial charge in [-0.2, -0.15) is 0 Å². The van der Waals surface area contributed by atoms with Gasteiger partial charge in [0.25, 0.3) is 5.91 Å². The number of Topliss-reactive ketones (excluding diaryl/α,β-unsaturated/α-hetero) is 1. The quantitative estimate of drug-likeness (QED) is 0.449. The maximum Gasteiger partial charge on any atom is 0.355 e. The maximum atomic E-state index is 13.7. The number of ketones is 1. The van der Waals surface area contributed by atoms with Gasteiger partial charge in [-0.3, -0.25) is 9.59 Å². The molecule has 1 atom stereocenters. The number of carbonyl (C=O) groups excluding carboxylic acids is 3. The van der Waals surface area contributed by atoms with Gasteiger partial charge in [-0.1, -0.05) is 25.3 Å². The van der Waals surface area contributed by atoms with Gasteiger partial charge < -0.3 is 14.2 Å². The molecule has 0 aromatic carbocycles. The molecule has 1 fully saturated rings. The lowest BCUT2D eigenvalue weighted by atomic mass is 9.91. The summed E-state index contributed by atoms with van der Waals surface area (Å²) in [5, 5.41) is 1.88. The largest absolute Gasteiger partial charge is 0.461 e. The molecule has 168 valence electrons. The van der Waals surface area contributed by atoms with Crippen molar-refractivity contribution in [3.8, 4) is 0 Å². The van der Waals surface area contributed by atoms with Crippen molar-refractivity contribution in [3.05, 3.63) is 44.9 Å². The highest BCUT2D eigenvalue weighted by molar-refractivity contribution is 7.12. The van der Waals surface area contributed by atoms with Crippen molar-refractivity contribution in [3.63, 3.8) is 0 Å². The summed E-state index contributed by atoms with van der Waals surface area (Å²) in [5.41, 5.74) is 2.23. The fraction of sp³-hybridized carbons (Fsp3) is 0.542. The minimum Gasteiger partial charge on any atom is -0.461 e.